The Hall–Kier alpha value is -2.29. The van der Waals surface area contributed by atoms with Crippen LogP contribution < -0.4 is 5.32 Å². The summed E-state index contributed by atoms with van der Waals surface area (Å²) >= 11 is 0. The lowest BCUT2D eigenvalue weighted by molar-refractivity contribution is 0.111. The van der Waals surface area contributed by atoms with Gasteiger partial charge in [0.1, 0.15) is 17.2 Å². The Labute approximate surface area is 206 Å². The minimum Gasteiger partial charge on any atom is -0.325 e. The molecule has 2 bridgehead atoms. The number of rotatable bonds is 4. The lowest BCUT2D eigenvalue weighted by Crippen LogP contribution is -2.50. The number of benzene rings is 2. The second-order valence-corrected chi connectivity index (χ2v) is 12.8. The van der Waals surface area contributed by atoms with Crippen molar-refractivity contribution in [3.63, 3.8) is 0 Å². The van der Waals surface area contributed by atoms with Crippen molar-refractivity contribution in [2.24, 2.45) is 7.05 Å². The molecular weight excluding hydrogens is 463 g/mol. The minimum atomic E-state index is -3.27. The zero-order valence-corrected chi connectivity index (χ0v) is 21.2. The van der Waals surface area contributed by atoms with Crippen LogP contribution in [0.25, 0.3) is 22.4 Å². The first kappa shape index (κ1) is 23.1. The van der Waals surface area contributed by atoms with Gasteiger partial charge in [0, 0.05) is 37.0 Å². The number of fused-ring (bicyclic) bond motifs is 3. The molecule has 2 unspecified atom stereocenters. The van der Waals surface area contributed by atoms with Gasteiger partial charge in [-0.15, -0.1) is 0 Å². The fourth-order valence-electron chi connectivity index (χ4n) is 6.59. The topological polar surface area (TPSA) is 67.2 Å². The summed E-state index contributed by atoms with van der Waals surface area (Å²) < 4.78 is 40.6. The molecule has 3 saturated heterocycles. The van der Waals surface area contributed by atoms with E-state index in [1.54, 1.807) is 34.9 Å². The molecule has 3 aliphatic heterocycles. The number of hydrogen-bond acceptors (Lipinski definition) is 5. The number of piperidine rings is 2. The number of aromatic nitrogens is 2. The predicted molar refractivity (Wildman–Crippen MR) is 136 cm³/mol. The van der Waals surface area contributed by atoms with Crippen LogP contribution in [0.1, 0.15) is 50.0 Å². The Kier molecular flexibility index (Phi) is 5.73. The summed E-state index contributed by atoms with van der Waals surface area (Å²) in [6.45, 7) is 2.16. The first-order chi connectivity index (χ1) is 16.8. The molecule has 3 fully saturated rings. The molecule has 2 atom stereocenters. The molecule has 1 aromatic heterocycles. The van der Waals surface area contributed by atoms with Crippen molar-refractivity contribution in [3.05, 3.63) is 47.8 Å². The summed E-state index contributed by atoms with van der Waals surface area (Å²) in [5, 5.41) is 3.74. The van der Waals surface area contributed by atoms with Gasteiger partial charge in [0.25, 0.3) is 0 Å². The number of sulfone groups is 1. The Bertz CT molecular complexity index is 1350. The highest BCUT2D eigenvalue weighted by atomic mass is 32.2. The third kappa shape index (κ3) is 4.30. The normalized spacial score (nSPS) is 26.0. The molecule has 0 saturated carbocycles. The van der Waals surface area contributed by atoms with E-state index < -0.39 is 9.84 Å². The lowest BCUT2D eigenvalue weighted by atomic mass is 9.87. The van der Waals surface area contributed by atoms with E-state index in [2.05, 4.69) is 16.3 Å². The minimum absolute atomic E-state index is 0.246. The molecule has 35 heavy (non-hydrogen) atoms. The van der Waals surface area contributed by atoms with Gasteiger partial charge in [-0.1, -0.05) is 0 Å². The Morgan fingerprint density at radius 1 is 1.00 bits per heavy atom. The molecule has 2 aromatic carbocycles. The van der Waals surface area contributed by atoms with Crippen LogP contribution in [-0.2, 0) is 16.9 Å². The van der Waals surface area contributed by atoms with Gasteiger partial charge in [-0.25, -0.2) is 17.8 Å². The van der Waals surface area contributed by atoms with Crippen molar-refractivity contribution >= 4 is 20.9 Å². The van der Waals surface area contributed by atoms with E-state index in [-0.39, 0.29) is 10.7 Å². The van der Waals surface area contributed by atoms with Gasteiger partial charge in [-0.2, -0.15) is 0 Å². The van der Waals surface area contributed by atoms with E-state index in [1.165, 1.54) is 31.9 Å². The predicted octanol–water partition coefficient (Wildman–Crippen LogP) is 4.25. The molecule has 186 valence electrons. The highest BCUT2D eigenvalue weighted by molar-refractivity contribution is 7.90. The van der Waals surface area contributed by atoms with Gasteiger partial charge >= 0.3 is 0 Å². The molecule has 3 aliphatic rings. The third-order valence-electron chi connectivity index (χ3n) is 8.45. The van der Waals surface area contributed by atoms with Gasteiger partial charge in [0.2, 0.25) is 0 Å². The molecule has 4 heterocycles. The second-order valence-electron chi connectivity index (χ2n) is 10.7. The van der Waals surface area contributed by atoms with Crippen molar-refractivity contribution in [2.45, 2.75) is 67.5 Å². The van der Waals surface area contributed by atoms with E-state index in [1.807, 2.05) is 7.05 Å². The van der Waals surface area contributed by atoms with E-state index in [0.29, 0.717) is 40.9 Å². The quantitative estimate of drug-likeness (QED) is 0.585. The fraction of sp³-hybridized carbons (Fsp3) is 0.519. The Balaban J connectivity index is 1.22. The molecule has 3 aromatic rings. The number of aryl methyl sites for hydroxylation is 1. The summed E-state index contributed by atoms with van der Waals surface area (Å²) in [6, 6.07) is 12.5. The molecule has 0 amide bonds. The van der Waals surface area contributed by atoms with E-state index in [4.69, 9.17) is 4.98 Å². The van der Waals surface area contributed by atoms with Crippen molar-refractivity contribution in [3.8, 4) is 11.4 Å². The maximum Gasteiger partial charge on any atom is 0.175 e. The van der Waals surface area contributed by atoms with Crippen LogP contribution >= 0.6 is 0 Å². The highest BCUT2D eigenvalue weighted by Gasteiger charge is 2.37. The van der Waals surface area contributed by atoms with Crippen LogP contribution in [0.15, 0.2) is 41.3 Å². The number of nitrogens with zero attached hydrogens (tertiary/aromatic N) is 3. The average molecular weight is 497 g/mol. The average Bonchev–Trinajstić information content (AvgIpc) is 3.36. The van der Waals surface area contributed by atoms with Crippen molar-refractivity contribution in [1.82, 2.24) is 19.8 Å². The summed E-state index contributed by atoms with van der Waals surface area (Å²) in [7, 11) is -1.46. The van der Waals surface area contributed by atoms with Gasteiger partial charge in [-0.05, 0) is 99.5 Å². The molecule has 6 rings (SSSR count). The van der Waals surface area contributed by atoms with Crippen molar-refractivity contribution < 1.29 is 12.8 Å². The van der Waals surface area contributed by atoms with E-state index >= 15 is 4.39 Å². The van der Waals surface area contributed by atoms with E-state index in [0.717, 1.165) is 37.1 Å². The largest absolute Gasteiger partial charge is 0.325 e. The Morgan fingerprint density at radius 3 is 2.29 bits per heavy atom. The summed E-state index contributed by atoms with van der Waals surface area (Å²) in [5.74, 6) is 0.735. The smallest absolute Gasteiger partial charge is 0.175 e. The van der Waals surface area contributed by atoms with Crippen molar-refractivity contribution in [1.29, 1.82) is 0 Å². The SMILES string of the molecule is Cn1c(-c2ccc(S(C)(=O)=O)cc2)nc2cc(C3CCN(C4CC5CCC(C4)N5)CC3)cc(F)c21. The highest BCUT2D eigenvalue weighted by Crippen LogP contribution is 2.36. The monoisotopic (exact) mass is 496 g/mol. The van der Waals surface area contributed by atoms with Crippen LogP contribution in [-0.4, -0.2) is 60.3 Å². The molecule has 8 heteroatoms. The summed E-state index contributed by atoms with van der Waals surface area (Å²) in [6.07, 6.45) is 8.48. The molecule has 0 radical (unpaired) electrons. The second kappa shape index (κ2) is 8.68. The maximum absolute atomic E-state index is 15.3. The van der Waals surface area contributed by atoms with Gasteiger partial charge in [0.05, 0.1) is 10.4 Å². The van der Waals surface area contributed by atoms with Crippen molar-refractivity contribution in [2.75, 3.05) is 19.3 Å². The van der Waals surface area contributed by atoms with Crippen LogP contribution in [0, 0.1) is 5.82 Å². The molecular formula is C27H33FN4O2S. The fourth-order valence-corrected chi connectivity index (χ4v) is 7.22. The molecule has 0 spiro atoms. The zero-order valence-electron chi connectivity index (χ0n) is 20.4. The summed E-state index contributed by atoms with van der Waals surface area (Å²) in [5.41, 5.74) is 2.94. The number of halogens is 1. The number of hydrogen-bond donors (Lipinski definition) is 1. The number of imidazole rings is 1. The molecule has 1 N–H and O–H groups in total. The first-order valence-corrected chi connectivity index (χ1v) is 14.6. The standard InChI is InChI=1S/C27H33FN4O2S/c1-31-26-24(28)13-19(14-25(26)30-27(31)18-3-7-23(8-4-18)35(2,33)34)17-9-11-32(12-10-17)22-15-20-5-6-21(16-22)29-20/h3-4,7-8,13-14,17,20-22,29H,5-6,9-12,15-16H2,1-2H3. The number of nitrogens with one attached hydrogen (secondary N) is 1. The molecule has 0 aliphatic carbocycles. The third-order valence-corrected chi connectivity index (χ3v) is 9.58. The lowest BCUT2D eigenvalue weighted by Gasteiger charge is -2.41. The Morgan fingerprint density at radius 2 is 1.66 bits per heavy atom. The van der Waals surface area contributed by atoms with Gasteiger partial charge in [-0.3, -0.25) is 0 Å². The summed E-state index contributed by atoms with van der Waals surface area (Å²) in [4.78, 5) is 7.70. The van der Waals surface area contributed by atoms with Gasteiger partial charge in [0.15, 0.2) is 9.84 Å². The number of likely N-dealkylation sites (tertiary alicyclic amines) is 1. The van der Waals surface area contributed by atoms with E-state index in [9.17, 15) is 8.42 Å². The van der Waals surface area contributed by atoms with Crippen LogP contribution in [0.5, 0.6) is 0 Å². The van der Waals surface area contributed by atoms with Crippen LogP contribution in [0.4, 0.5) is 4.39 Å². The first-order valence-electron chi connectivity index (χ1n) is 12.7. The molecule has 6 nitrogen and oxygen atoms in total. The maximum atomic E-state index is 15.3. The van der Waals surface area contributed by atoms with Crippen LogP contribution in [0.3, 0.4) is 0 Å². The van der Waals surface area contributed by atoms with Crippen LogP contribution in [0.2, 0.25) is 0 Å². The van der Waals surface area contributed by atoms with Gasteiger partial charge < -0.3 is 14.8 Å². The zero-order chi connectivity index (χ0) is 24.3.